The molecule has 5 rings (SSSR count). The lowest BCUT2D eigenvalue weighted by Crippen LogP contribution is -2.32. The molecule has 4 heterocycles. The lowest BCUT2D eigenvalue weighted by atomic mass is 10.1. The molecule has 0 saturated carbocycles. The van der Waals surface area contributed by atoms with Gasteiger partial charge >= 0.3 is 0 Å². The highest BCUT2D eigenvalue weighted by Crippen LogP contribution is 2.33. The summed E-state index contributed by atoms with van der Waals surface area (Å²) in [5, 5.41) is 11.8. The normalized spacial score (nSPS) is 15.8. The Kier molecular flexibility index (Phi) is 6.29. The maximum Gasteiger partial charge on any atom is 0.256 e. The maximum absolute atomic E-state index is 12.5. The standard InChI is InChI=1S/C22H22N8O.ClH/c23-20-18-19(29-30(21(18)27-13-26-20)16-4-3-10-24-12-16)14-6-8-15(9-7-14)22(31)28-17-5-1-2-11-25-17;/h1-2,5-9,11,13,16,24H,3-4,10,12H2,(H2,23,26,27)(H,25,28,31);1H. The van der Waals surface area contributed by atoms with Crippen LogP contribution < -0.4 is 16.4 Å². The smallest absolute Gasteiger partial charge is 0.256 e. The number of nitrogens with two attached hydrogens (primary N) is 1. The van der Waals surface area contributed by atoms with Crippen molar-refractivity contribution in [2.75, 3.05) is 24.1 Å². The minimum Gasteiger partial charge on any atom is -0.383 e. The Morgan fingerprint density at radius 1 is 1.12 bits per heavy atom. The van der Waals surface area contributed by atoms with E-state index < -0.39 is 0 Å². The Morgan fingerprint density at radius 3 is 2.69 bits per heavy atom. The Morgan fingerprint density at radius 2 is 1.97 bits per heavy atom. The lowest BCUT2D eigenvalue weighted by Gasteiger charge is -2.23. The zero-order valence-corrected chi connectivity index (χ0v) is 18.0. The van der Waals surface area contributed by atoms with Gasteiger partial charge in [-0.1, -0.05) is 18.2 Å². The summed E-state index contributed by atoms with van der Waals surface area (Å²) in [4.78, 5) is 25.3. The molecule has 1 unspecified atom stereocenters. The van der Waals surface area contributed by atoms with E-state index in [1.807, 2.05) is 22.9 Å². The molecule has 3 aromatic heterocycles. The average molecular weight is 451 g/mol. The van der Waals surface area contributed by atoms with Gasteiger partial charge in [0.05, 0.1) is 11.4 Å². The number of benzene rings is 1. The highest BCUT2D eigenvalue weighted by Gasteiger charge is 2.23. The second-order valence-electron chi connectivity index (χ2n) is 7.50. The number of amides is 1. The Bertz CT molecular complexity index is 1220. The number of pyridine rings is 1. The van der Waals surface area contributed by atoms with Crippen LogP contribution in [0.15, 0.2) is 55.0 Å². The molecule has 9 nitrogen and oxygen atoms in total. The summed E-state index contributed by atoms with van der Waals surface area (Å²) < 4.78 is 1.95. The van der Waals surface area contributed by atoms with Gasteiger partial charge < -0.3 is 16.4 Å². The number of carbonyl (C=O) groups excluding carboxylic acids is 1. The number of nitrogen functional groups attached to an aromatic ring is 1. The number of hydrogen-bond acceptors (Lipinski definition) is 7. The van der Waals surface area contributed by atoms with Gasteiger partial charge in [-0.15, -0.1) is 12.4 Å². The van der Waals surface area contributed by atoms with Crippen LogP contribution in [0.4, 0.5) is 11.6 Å². The summed E-state index contributed by atoms with van der Waals surface area (Å²) in [5.41, 5.74) is 9.03. The number of anilines is 2. The summed E-state index contributed by atoms with van der Waals surface area (Å²) >= 11 is 0. The van der Waals surface area contributed by atoms with Crippen molar-refractivity contribution >= 4 is 41.0 Å². The van der Waals surface area contributed by atoms with Crippen LogP contribution in [0.2, 0.25) is 0 Å². The molecular formula is C22H23ClN8O. The highest BCUT2D eigenvalue weighted by atomic mass is 35.5. The van der Waals surface area contributed by atoms with Gasteiger partial charge in [0.1, 0.15) is 23.7 Å². The van der Waals surface area contributed by atoms with Crippen molar-refractivity contribution in [2.24, 2.45) is 0 Å². The van der Waals surface area contributed by atoms with Crippen molar-refractivity contribution in [3.05, 3.63) is 60.6 Å². The van der Waals surface area contributed by atoms with E-state index in [2.05, 4.69) is 25.6 Å². The van der Waals surface area contributed by atoms with Crippen molar-refractivity contribution in [1.29, 1.82) is 0 Å². The van der Waals surface area contributed by atoms with Gasteiger partial charge in [0.15, 0.2) is 5.65 Å². The SMILES string of the molecule is Cl.Nc1ncnc2c1c(-c1ccc(C(=O)Nc3ccccn3)cc1)nn2C1CCCNC1. The van der Waals surface area contributed by atoms with E-state index in [1.54, 1.807) is 30.5 Å². The monoisotopic (exact) mass is 450 g/mol. The average Bonchev–Trinajstić information content (AvgIpc) is 3.21. The first-order chi connectivity index (χ1) is 15.2. The van der Waals surface area contributed by atoms with Crippen molar-refractivity contribution in [2.45, 2.75) is 18.9 Å². The lowest BCUT2D eigenvalue weighted by molar-refractivity contribution is 0.102. The molecule has 1 aliphatic rings. The summed E-state index contributed by atoms with van der Waals surface area (Å²) in [5.74, 6) is 0.677. The topological polar surface area (TPSA) is 124 Å². The first-order valence-corrected chi connectivity index (χ1v) is 10.2. The predicted molar refractivity (Wildman–Crippen MR) is 126 cm³/mol. The Balaban J connectivity index is 0.00000245. The third-order valence-corrected chi connectivity index (χ3v) is 5.46. The van der Waals surface area contributed by atoms with Gasteiger partial charge in [-0.2, -0.15) is 5.10 Å². The minimum atomic E-state index is -0.225. The van der Waals surface area contributed by atoms with E-state index >= 15 is 0 Å². The van der Waals surface area contributed by atoms with E-state index in [-0.39, 0.29) is 24.4 Å². The molecule has 0 radical (unpaired) electrons. The van der Waals surface area contributed by atoms with Gasteiger partial charge in [-0.05, 0) is 43.7 Å². The molecule has 1 atom stereocenters. The van der Waals surface area contributed by atoms with E-state index in [0.29, 0.717) is 17.2 Å². The van der Waals surface area contributed by atoms with Crippen LogP contribution in [0.5, 0.6) is 0 Å². The fourth-order valence-electron chi connectivity index (χ4n) is 3.90. The summed E-state index contributed by atoms with van der Waals surface area (Å²) in [7, 11) is 0. The zero-order valence-electron chi connectivity index (χ0n) is 17.2. The largest absolute Gasteiger partial charge is 0.383 e. The summed E-state index contributed by atoms with van der Waals surface area (Å²) in [6.45, 7) is 1.86. The van der Waals surface area contributed by atoms with Gasteiger partial charge in [0, 0.05) is 23.9 Å². The van der Waals surface area contributed by atoms with Crippen LogP contribution in [0, 0.1) is 0 Å². The van der Waals surface area contributed by atoms with E-state index in [0.717, 1.165) is 48.2 Å². The van der Waals surface area contributed by atoms with Crippen molar-refractivity contribution in [3.63, 3.8) is 0 Å². The maximum atomic E-state index is 12.5. The number of fused-ring (bicyclic) bond motifs is 1. The van der Waals surface area contributed by atoms with E-state index in [1.165, 1.54) is 6.33 Å². The molecular weight excluding hydrogens is 428 g/mol. The molecule has 1 aliphatic heterocycles. The van der Waals surface area contributed by atoms with Crippen LogP contribution in [0.3, 0.4) is 0 Å². The molecule has 10 heteroatoms. The van der Waals surface area contributed by atoms with Crippen molar-refractivity contribution in [1.82, 2.24) is 30.0 Å². The first kappa shape index (κ1) is 21.7. The number of nitrogens with zero attached hydrogens (tertiary/aromatic N) is 5. The van der Waals surface area contributed by atoms with Crippen LogP contribution in [0.1, 0.15) is 29.2 Å². The quantitative estimate of drug-likeness (QED) is 0.436. The molecule has 1 fully saturated rings. The fraction of sp³-hybridized carbons (Fsp3) is 0.227. The minimum absolute atomic E-state index is 0. The van der Waals surface area contributed by atoms with E-state index in [9.17, 15) is 4.79 Å². The third kappa shape index (κ3) is 4.12. The highest BCUT2D eigenvalue weighted by molar-refractivity contribution is 6.04. The molecule has 0 bridgehead atoms. The second kappa shape index (κ2) is 9.29. The van der Waals surface area contributed by atoms with Crippen LogP contribution in [-0.2, 0) is 0 Å². The molecule has 0 aliphatic carbocycles. The number of hydrogen-bond donors (Lipinski definition) is 3. The number of carbonyl (C=O) groups is 1. The number of piperidine rings is 1. The zero-order chi connectivity index (χ0) is 21.2. The molecule has 4 aromatic rings. The van der Waals surface area contributed by atoms with Gasteiger partial charge in [0.2, 0.25) is 0 Å². The van der Waals surface area contributed by atoms with Crippen LogP contribution in [0.25, 0.3) is 22.3 Å². The predicted octanol–water partition coefficient (Wildman–Crippen LogP) is 3.07. The molecule has 1 aromatic carbocycles. The molecule has 1 saturated heterocycles. The number of halogens is 1. The molecule has 4 N–H and O–H groups in total. The Labute approximate surface area is 190 Å². The third-order valence-electron chi connectivity index (χ3n) is 5.46. The molecule has 1 amide bonds. The van der Waals surface area contributed by atoms with Crippen molar-refractivity contribution < 1.29 is 4.79 Å². The number of nitrogens with one attached hydrogen (secondary N) is 2. The Hall–Kier alpha value is -3.56. The van der Waals surface area contributed by atoms with Crippen molar-refractivity contribution in [3.8, 4) is 11.3 Å². The molecule has 0 spiro atoms. The molecule has 164 valence electrons. The van der Waals surface area contributed by atoms with Crippen LogP contribution >= 0.6 is 12.4 Å². The number of rotatable bonds is 4. The van der Waals surface area contributed by atoms with Crippen LogP contribution in [-0.4, -0.2) is 43.7 Å². The first-order valence-electron chi connectivity index (χ1n) is 10.2. The van der Waals surface area contributed by atoms with E-state index in [4.69, 9.17) is 10.8 Å². The second-order valence-corrected chi connectivity index (χ2v) is 7.50. The van der Waals surface area contributed by atoms with Gasteiger partial charge in [0.25, 0.3) is 5.91 Å². The molecule has 32 heavy (non-hydrogen) atoms. The van der Waals surface area contributed by atoms with Gasteiger partial charge in [-0.25, -0.2) is 19.6 Å². The fourth-order valence-corrected chi connectivity index (χ4v) is 3.90. The van der Waals surface area contributed by atoms with Gasteiger partial charge in [-0.3, -0.25) is 4.79 Å². The summed E-state index contributed by atoms with van der Waals surface area (Å²) in [6, 6.07) is 12.8. The summed E-state index contributed by atoms with van der Waals surface area (Å²) in [6.07, 6.45) is 5.22. The number of aromatic nitrogens is 5.